The minimum absolute atomic E-state index is 0.313. The van der Waals surface area contributed by atoms with Crippen LogP contribution < -0.4 is 0 Å². The van der Waals surface area contributed by atoms with Gasteiger partial charge in [0.05, 0.1) is 5.52 Å². The highest BCUT2D eigenvalue weighted by molar-refractivity contribution is 5.86. The Morgan fingerprint density at radius 3 is 2.56 bits per heavy atom. The third-order valence-electron chi connectivity index (χ3n) is 5.72. The summed E-state index contributed by atoms with van der Waals surface area (Å²) < 4.78 is 0. The lowest BCUT2D eigenvalue weighted by atomic mass is 9.90. The quantitative estimate of drug-likeness (QED) is 0.407. The van der Waals surface area contributed by atoms with Crippen LogP contribution in [-0.4, -0.2) is 4.98 Å². The minimum Gasteiger partial charge on any atom is -0.256 e. The number of aromatic nitrogens is 1. The van der Waals surface area contributed by atoms with E-state index in [0.717, 1.165) is 11.9 Å². The Morgan fingerprint density at radius 1 is 0.815 bits per heavy atom. The standard InChI is InChI=1S/C26H21N/c1-18-21(17-22-10-4-8-19-7-2-3-12-24(19)22)14-15-23(18)25-13-5-9-20-11-6-16-27-26(20)25/h2-16,23H,17H2,1H3. The van der Waals surface area contributed by atoms with Crippen molar-refractivity contribution >= 4 is 21.7 Å². The van der Waals surface area contributed by atoms with Crippen LogP contribution in [0.1, 0.15) is 24.0 Å². The van der Waals surface area contributed by atoms with Gasteiger partial charge in [-0.15, -0.1) is 0 Å². The summed E-state index contributed by atoms with van der Waals surface area (Å²) in [6, 6.07) is 25.9. The van der Waals surface area contributed by atoms with Gasteiger partial charge in [0.1, 0.15) is 0 Å². The number of para-hydroxylation sites is 1. The molecule has 4 aromatic rings. The van der Waals surface area contributed by atoms with Gasteiger partial charge in [-0.05, 0) is 46.9 Å². The lowest BCUT2D eigenvalue weighted by Crippen LogP contribution is -1.99. The van der Waals surface area contributed by atoms with E-state index in [9.17, 15) is 0 Å². The second-order valence-corrected chi connectivity index (χ2v) is 7.28. The van der Waals surface area contributed by atoms with Crippen LogP contribution in [0.5, 0.6) is 0 Å². The van der Waals surface area contributed by atoms with E-state index in [1.807, 2.05) is 12.3 Å². The first-order chi connectivity index (χ1) is 13.3. The topological polar surface area (TPSA) is 12.9 Å². The highest BCUT2D eigenvalue weighted by Gasteiger charge is 2.21. The van der Waals surface area contributed by atoms with Crippen molar-refractivity contribution in [3.05, 3.63) is 113 Å². The Bertz CT molecular complexity index is 1200. The molecule has 1 aliphatic carbocycles. The zero-order valence-electron chi connectivity index (χ0n) is 15.4. The Hall–Kier alpha value is -3.19. The molecule has 1 heterocycles. The third kappa shape index (κ3) is 2.76. The Balaban J connectivity index is 1.55. The minimum atomic E-state index is 0.313. The van der Waals surface area contributed by atoms with Gasteiger partial charge < -0.3 is 0 Å². The number of nitrogens with zero attached hydrogens (tertiary/aromatic N) is 1. The second-order valence-electron chi connectivity index (χ2n) is 7.28. The van der Waals surface area contributed by atoms with E-state index < -0.39 is 0 Å². The van der Waals surface area contributed by atoms with Crippen molar-refractivity contribution < 1.29 is 0 Å². The molecule has 1 aliphatic rings. The molecule has 0 bridgehead atoms. The summed E-state index contributed by atoms with van der Waals surface area (Å²) in [6.45, 7) is 2.27. The first-order valence-electron chi connectivity index (χ1n) is 9.49. The Morgan fingerprint density at radius 2 is 1.59 bits per heavy atom. The summed E-state index contributed by atoms with van der Waals surface area (Å²) in [6.07, 6.45) is 7.50. The Kier molecular flexibility index (Phi) is 3.86. The van der Waals surface area contributed by atoms with Gasteiger partial charge in [-0.2, -0.15) is 0 Å². The maximum atomic E-state index is 4.65. The van der Waals surface area contributed by atoms with Crippen LogP contribution in [-0.2, 0) is 6.42 Å². The van der Waals surface area contributed by atoms with E-state index in [1.165, 1.54) is 38.4 Å². The molecule has 1 unspecified atom stereocenters. The highest BCUT2D eigenvalue weighted by Crippen LogP contribution is 2.38. The van der Waals surface area contributed by atoms with Crippen molar-refractivity contribution in [1.82, 2.24) is 4.98 Å². The third-order valence-corrected chi connectivity index (χ3v) is 5.72. The van der Waals surface area contributed by atoms with Crippen LogP contribution in [0.2, 0.25) is 0 Å². The number of hydrogen-bond donors (Lipinski definition) is 0. The predicted octanol–water partition coefficient (Wildman–Crippen LogP) is 6.60. The summed E-state index contributed by atoms with van der Waals surface area (Å²) in [4.78, 5) is 4.65. The average Bonchev–Trinajstić information content (AvgIpc) is 3.08. The van der Waals surface area contributed by atoms with E-state index in [-0.39, 0.29) is 0 Å². The van der Waals surface area contributed by atoms with Crippen LogP contribution in [0, 0.1) is 0 Å². The van der Waals surface area contributed by atoms with Crippen LogP contribution in [0.15, 0.2) is 102 Å². The number of benzene rings is 3. The first-order valence-corrected chi connectivity index (χ1v) is 9.49. The average molecular weight is 347 g/mol. The fourth-order valence-corrected chi connectivity index (χ4v) is 4.25. The molecule has 0 spiro atoms. The van der Waals surface area contributed by atoms with E-state index in [4.69, 9.17) is 0 Å². The number of hydrogen-bond acceptors (Lipinski definition) is 1. The van der Waals surface area contributed by atoms with Crippen LogP contribution in [0.4, 0.5) is 0 Å². The van der Waals surface area contributed by atoms with Gasteiger partial charge in [-0.1, -0.05) is 84.5 Å². The summed E-state index contributed by atoms with van der Waals surface area (Å²) in [5.74, 6) is 0.313. The summed E-state index contributed by atoms with van der Waals surface area (Å²) >= 11 is 0. The normalized spacial score (nSPS) is 16.6. The zero-order valence-corrected chi connectivity index (χ0v) is 15.4. The molecular formula is C26H21N. The molecule has 0 amide bonds. The van der Waals surface area contributed by atoms with Crippen molar-refractivity contribution in [2.75, 3.05) is 0 Å². The molecule has 0 N–H and O–H groups in total. The lowest BCUT2D eigenvalue weighted by molar-refractivity contribution is 0.997. The van der Waals surface area contributed by atoms with Crippen LogP contribution in [0.3, 0.4) is 0 Å². The molecule has 0 saturated heterocycles. The van der Waals surface area contributed by atoms with Gasteiger partial charge in [-0.3, -0.25) is 4.98 Å². The van der Waals surface area contributed by atoms with E-state index in [0.29, 0.717) is 5.92 Å². The first kappa shape index (κ1) is 16.0. The molecule has 1 atom stereocenters. The predicted molar refractivity (Wildman–Crippen MR) is 114 cm³/mol. The number of rotatable bonds is 3. The zero-order chi connectivity index (χ0) is 18.2. The summed E-state index contributed by atoms with van der Waals surface area (Å²) in [5, 5.41) is 3.87. The monoisotopic (exact) mass is 347 g/mol. The highest BCUT2D eigenvalue weighted by atomic mass is 14.7. The maximum absolute atomic E-state index is 4.65. The van der Waals surface area contributed by atoms with Crippen molar-refractivity contribution in [2.45, 2.75) is 19.3 Å². The number of pyridine rings is 1. The SMILES string of the molecule is CC1=C(Cc2cccc3ccccc23)C=CC1c1cccc2cccnc12. The van der Waals surface area contributed by atoms with Crippen molar-refractivity contribution in [3.63, 3.8) is 0 Å². The van der Waals surface area contributed by atoms with Crippen LogP contribution >= 0.6 is 0 Å². The fraction of sp³-hybridized carbons (Fsp3) is 0.115. The molecule has 1 aromatic heterocycles. The maximum Gasteiger partial charge on any atom is 0.0743 e. The molecule has 3 aromatic carbocycles. The summed E-state index contributed by atoms with van der Waals surface area (Å²) in [7, 11) is 0. The smallest absolute Gasteiger partial charge is 0.0743 e. The molecule has 0 aliphatic heterocycles. The lowest BCUT2D eigenvalue weighted by Gasteiger charge is -2.15. The molecule has 0 radical (unpaired) electrons. The molecule has 0 saturated carbocycles. The van der Waals surface area contributed by atoms with Gasteiger partial charge >= 0.3 is 0 Å². The largest absolute Gasteiger partial charge is 0.256 e. The molecule has 130 valence electrons. The van der Waals surface area contributed by atoms with Crippen molar-refractivity contribution in [2.24, 2.45) is 0 Å². The molecule has 27 heavy (non-hydrogen) atoms. The van der Waals surface area contributed by atoms with Gasteiger partial charge in [-0.25, -0.2) is 0 Å². The van der Waals surface area contributed by atoms with E-state index in [2.05, 4.69) is 90.8 Å². The van der Waals surface area contributed by atoms with Crippen molar-refractivity contribution in [3.8, 4) is 0 Å². The Labute approximate surface area is 159 Å². The number of fused-ring (bicyclic) bond motifs is 2. The summed E-state index contributed by atoms with van der Waals surface area (Å²) in [5.41, 5.74) is 6.66. The van der Waals surface area contributed by atoms with Gasteiger partial charge in [0.25, 0.3) is 0 Å². The van der Waals surface area contributed by atoms with Gasteiger partial charge in [0, 0.05) is 17.5 Å². The molecule has 5 rings (SSSR count). The van der Waals surface area contributed by atoms with Crippen LogP contribution in [0.25, 0.3) is 21.7 Å². The van der Waals surface area contributed by atoms with E-state index in [1.54, 1.807) is 0 Å². The fourth-order valence-electron chi connectivity index (χ4n) is 4.25. The van der Waals surface area contributed by atoms with E-state index >= 15 is 0 Å². The van der Waals surface area contributed by atoms with Crippen molar-refractivity contribution in [1.29, 1.82) is 0 Å². The molecular weight excluding hydrogens is 326 g/mol. The van der Waals surface area contributed by atoms with Gasteiger partial charge in [0.15, 0.2) is 0 Å². The van der Waals surface area contributed by atoms with Gasteiger partial charge in [0.2, 0.25) is 0 Å². The number of allylic oxidation sites excluding steroid dienone is 4. The molecule has 1 nitrogen and oxygen atoms in total. The second kappa shape index (κ2) is 6.51. The molecule has 0 fully saturated rings. The molecule has 1 heteroatoms.